The van der Waals surface area contributed by atoms with Gasteiger partial charge in [-0.1, -0.05) is 0 Å². The molecule has 0 aromatic heterocycles. The summed E-state index contributed by atoms with van der Waals surface area (Å²) < 4.78 is 36.1. The first-order chi connectivity index (χ1) is 6.70. The van der Waals surface area contributed by atoms with Crippen molar-refractivity contribution < 1.29 is 18.3 Å². The van der Waals surface area contributed by atoms with Crippen LogP contribution in [-0.4, -0.2) is 13.2 Å². The van der Waals surface area contributed by atoms with Crippen molar-refractivity contribution in [3.8, 4) is 11.5 Å². The quantitative estimate of drug-likeness (QED) is 0.747. The van der Waals surface area contributed by atoms with Gasteiger partial charge in [0.05, 0.1) is 13.2 Å². The van der Waals surface area contributed by atoms with Gasteiger partial charge in [0, 0.05) is 0 Å². The van der Waals surface area contributed by atoms with E-state index in [2.05, 4.69) is 0 Å². The smallest absolute Gasteiger partial charge is 0.204 e. The lowest BCUT2D eigenvalue weighted by molar-refractivity contribution is 0.270. The van der Waals surface area contributed by atoms with Crippen LogP contribution in [0.25, 0.3) is 0 Å². The van der Waals surface area contributed by atoms with Gasteiger partial charge in [-0.15, -0.1) is 0 Å². The second-order valence-corrected chi connectivity index (χ2v) is 2.55. The predicted molar refractivity (Wildman–Crippen MR) is 48.7 cm³/mol. The molecule has 0 saturated heterocycles. The highest BCUT2D eigenvalue weighted by Crippen LogP contribution is 2.31. The molecule has 0 saturated carbocycles. The van der Waals surface area contributed by atoms with E-state index < -0.39 is 11.6 Å². The van der Waals surface area contributed by atoms with Gasteiger partial charge in [0.1, 0.15) is 0 Å². The molecule has 1 rings (SSSR count). The molecule has 0 N–H and O–H groups in total. The largest absolute Gasteiger partial charge is 0.490 e. The molecule has 14 heavy (non-hydrogen) atoms. The molecule has 0 aliphatic heterocycles. The van der Waals surface area contributed by atoms with Gasteiger partial charge in [0.2, 0.25) is 5.82 Å². The Kier molecular flexibility index (Phi) is 3.68. The third-order valence-corrected chi connectivity index (χ3v) is 1.60. The van der Waals surface area contributed by atoms with Crippen molar-refractivity contribution >= 4 is 0 Å². The van der Waals surface area contributed by atoms with Gasteiger partial charge in [-0.2, -0.15) is 4.39 Å². The van der Waals surface area contributed by atoms with Crippen LogP contribution in [-0.2, 0) is 0 Å². The Bertz CT molecular complexity index is 313. The number of hydrogen-bond acceptors (Lipinski definition) is 2. The molecule has 2 nitrogen and oxygen atoms in total. The monoisotopic (exact) mass is 202 g/mol. The Morgan fingerprint density at radius 1 is 1.07 bits per heavy atom. The van der Waals surface area contributed by atoms with Crippen molar-refractivity contribution in [1.82, 2.24) is 0 Å². The molecule has 0 spiro atoms. The van der Waals surface area contributed by atoms with Gasteiger partial charge < -0.3 is 9.47 Å². The molecule has 0 heterocycles. The molecule has 0 amide bonds. The summed E-state index contributed by atoms with van der Waals surface area (Å²) >= 11 is 0. The SMILES string of the molecule is CCOc1ccc(F)c(F)c1OCC. The van der Waals surface area contributed by atoms with E-state index in [1.807, 2.05) is 0 Å². The zero-order valence-electron chi connectivity index (χ0n) is 8.14. The lowest BCUT2D eigenvalue weighted by Crippen LogP contribution is -2.02. The van der Waals surface area contributed by atoms with E-state index >= 15 is 0 Å². The van der Waals surface area contributed by atoms with Crippen molar-refractivity contribution in [1.29, 1.82) is 0 Å². The van der Waals surface area contributed by atoms with Crippen LogP contribution >= 0.6 is 0 Å². The van der Waals surface area contributed by atoms with Crippen LogP contribution in [0.5, 0.6) is 11.5 Å². The maximum absolute atomic E-state index is 13.2. The molecule has 0 bridgehead atoms. The zero-order valence-corrected chi connectivity index (χ0v) is 8.14. The standard InChI is InChI=1S/C10H12F2O2/c1-3-13-8-6-5-7(11)9(12)10(8)14-4-2/h5-6H,3-4H2,1-2H3. The van der Waals surface area contributed by atoms with Crippen molar-refractivity contribution in [2.75, 3.05) is 13.2 Å². The highest BCUT2D eigenvalue weighted by atomic mass is 19.2. The van der Waals surface area contributed by atoms with Crippen LogP contribution in [0.2, 0.25) is 0 Å². The highest BCUT2D eigenvalue weighted by molar-refractivity contribution is 5.41. The van der Waals surface area contributed by atoms with Gasteiger partial charge in [0.25, 0.3) is 0 Å². The molecule has 0 atom stereocenters. The number of hydrogen-bond donors (Lipinski definition) is 0. The Hall–Kier alpha value is -1.32. The van der Waals surface area contributed by atoms with E-state index in [4.69, 9.17) is 9.47 Å². The van der Waals surface area contributed by atoms with Crippen LogP contribution in [0.3, 0.4) is 0 Å². The second kappa shape index (κ2) is 4.79. The molecular weight excluding hydrogens is 190 g/mol. The lowest BCUT2D eigenvalue weighted by atomic mass is 10.3. The van der Waals surface area contributed by atoms with Gasteiger partial charge in [-0.05, 0) is 26.0 Å². The van der Waals surface area contributed by atoms with E-state index in [1.54, 1.807) is 13.8 Å². The van der Waals surface area contributed by atoms with Crippen LogP contribution in [0.15, 0.2) is 12.1 Å². The summed E-state index contributed by atoms with van der Waals surface area (Å²) in [7, 11) is 0. The molecule has 0 unspecified atom stereocenters. The number of halogens is 2. The number of rotatable bonds is 4. The first-order valence-electron chi connectivity index (χ1n) is 4.44. The summed E-state index contributed by atoms with van der Waals surface area (Å²) in [5.74, 6) is -1.86. The fraction of sp³-hybridized carbons (Fsp3) is 0.400. The predicted octanol–water partition coefficient (Wildman–Crippen LogP) is 2.76. The van der Waals surface area contributed by atoms with Gasteiger partial charge in [-0.25, -0.2) is 4.39 Å². The van der Waals surface area contributed by atoms with Gasteiger partial charge in [-0.3, -0.25) is 0 Å². The number of ether oxygens (including phenoxy) is 2. The van der Waals surface area contributed by atoms with E-state index in [-0.39, 0.29) is 18.1 Å². The molecule has 4 heteroatoms. The highest BCUT2D eigenvalue weighted by Gasteiger charge is 2.15. The summed E-state index contributed by atoms with van der Waals surface area (Å²) in [4.78, 5) is 0. The average molecular weight is 202 g/mol. The van der Waals surface area contributed by atoms with E-state index in [9.17, 15) is 8.78 Å². The third-order valence-electron chi connectivity index (χ3n) is 1.60. The molecule has 78 valence electrons. The number of benzene rings is 1. The fourth-order valence-corrected chi connectivity index (χ4v) is 1.06. The minimum Gasteiger partial charge on any atom is -0.490 e. The summed E-state index contributed by atoms with van der Waals surface area (Å²) in [6.07, 6.45) is 0. The van der Waals surface area contributed by atoms with Crippen LogP contribution < -0.4 is 9.47 Å². The first kappa shape index (κ1) is 10.8. The lowest BCUT2D eigenvalue weighted by Gasteiger charge is -2.11. The maximum atomic E-state index is 13.2. The van der Waals surface area contributed by atoms with E-state index in [0.29, 0.717) is 6.61 Å². The van der Waals surface area contributed by atoms with Gasteiger partial charge >= 0.3 is 0 Å². The average Bonchev–Trinajstić information content (AvgIpc) is 2.18. The minimum atomic E-state index is -1.00. The first-order valence-corrected chi connectivity index (χ1v) is 4.44. The van der Waals surface area contributed by atoms with Crippen molar-refractivity contribution in [3.63, 3.8) is 0 Å². The van der Waals surface area contributed by atoms with Gasteiger partial charge in [0.15, 0.2) is 17.3 Å². The Morgan fingerprint density at radius 2 is 1.71 bits per heavy atom. The Morgan fingerprint density at radius 3 is 2.29 bits per heavy atom. The molecule has 0 aliphatic carbocycles. The fourth-order valence-electron chi connectivity index (χ4n) is 1.06. The van der Waals surface area contributed by atoms with Crippen LogP contribution in [0, 0.1) is 11.6 Å². The maximum Gasteiger partial charge on any atom is 0.204 e. The third kappa shape index (κ3) is 2.13. The molecule has 1 aromatic rings. The van der Waals surface area contributed by atoms with Crippen molar-refractivity contribution in [2.24, 2.45) is 0 Å². The summed E-state index contributed by atoms with van der Waals surface area (Å²) in [5.41, 5.74) is 0. The topological polar surface area (TPSA) is 18.5 Å². The Balaban J connectivity index is 3.08. The molecule has 1 aromatic carbocycles. The zero-order chi connectivity index (χ0) is 10.6. The molecular formula is C10H12F2O2. The van der Waals surface area contributed by atoms with E-state index in [0.717, 1.165) is 6.07 Å². The van der Waals surface area contributed by atoms with E-state index in [1.165, 1.54) is 6.07 Å². The summed E-state index contributed by atoms with van der Waals surface area (Å²) in [5, 5.41) is 0. The molecule has 0 aliphatic rings. The molecule has 0 fully saturated rings. The van der Waals surface area contributed by atoms with Crippen molar-refractivity contribution in [2.45, 2.75) is 13.8 Å². The normalized spacial score (nSPS) is 10.0. The Labute approximate surface area is 81.4 Å². The molecule has 0 radical (unpaired) electrons. The summed E-state index contributed by atoms with van der Waals surface area (Å²) in [6.45, 7) is 4.10. The minimum absolute atomic E-state index is 0.158. The van der Waals surface area contributed by atoms with Crippen LogP contribution in [0.1, 0.15) is 13.8 Å². The second-order valence-electron chi connectivity index (χ2n) is 2.55. The van der Waals surface area contributed by atoms with Crippen LogP contribution in [0.4, 0.5) is 8.78 Å². The summed E-state index contributed by atoms with van der Waals surface area (Å²) in [6, 6.07) is 2.37. The van der Waals surface area contributed by atoms with Crippen molar-refractivity contribution in [3.05, 3.63) is 23.8 Å².